The topological polar surface area (TPSA) is 83.8 Å². The van der Waals surface area contributed by atoms with Crippen LogP contribution in [-0.4, -0.2) is 28.8 Å². The number of aliphatic carboxylic acids is 1. The van der Waals surface area contributed by atoms with Gasteiger partial charge in [0.1, 0.15) is 5.76 Å². The Kier molecular flexibility index (Phi) is 6.29. The number of carbonyl (C=O) groups excluding carboxylic acids is 1. The molecule has 9 atom stereocenters. The van der Waals surface area contributed by atoms with E-state index in [1.54, 1.807) is 0 Å². The van der Waals surface area contributed by atoms with Gasteiger partial charge >= 0.3 is 11.9 Å². The second-order valence-corrected chi connectivity index (χ2v) is 15.1. The largest absolute Gasteiger partial charge is 0.511 e. The lowest BCUT2D eigenvalue weighted by molar-refractivity contribution is -0.232. The fraction of sp³-hybridized carbons (Fsp3) is 0.818. The number of aliphatic hydroxyl groups excluding tert-OH is 1. The smallest absolute Gasteiger partial charge is 0.337 e. The zero-order chi connectivity index (χ0) is 28.1. The number of aliphatic hydroxyl groups is 1. The van der Waals surface area contributed by atoms with Crippen molar-refractivity contribution in [3.63, 3.8) is 0 Å². The molecule has 0 aromatic carbocycles. The van der Waals surface area contributed by atoms with E-state index in [4.69, 9.17) is 4.74 Å². The maximum atomic E-state index is 13.1. The maximum absolute atomic E-state index is 13.1. The average Bonchev–Trinajstić information content (AvgIpc) is 3.23. The molecule has 0 radical (unpaired) electrons. The van der Waals surface area contributed by atoms with Gasteiger partial charge in [0, 0.05) is 5.41 Å². The number of ether oxygens (including phenoxy) is 1. The zero-order valence-electron chi connectivity index (χ0n) is 24.8. The van der Waals surface area contributed by atoms with E-state index in [2.05, 4.69) is 48.1 Å². The van der Waals surface area contributed by atoms with E-state index in [0.29, 0.717) is 30.4 Å². The van der Waals surface area contributed by atoms with Crippen LogP contribution in [0.15, 0.2) is 23.5 Å². The van der Waals surface area contributed by atoms with Crippen LogP contribution in [0.1, 0.15) is 106 Å². The minimum atomic E-state index is -0.615. The third-order valence-electron chi connectivity index (χ3n) is 13.6. The van der Waals surface area contributed by atoms with E-state index in [0.717, 1.165) is 56.9 Å². The molecule has 0 bridgehead atoms. The van der Waals surface area contributed by atoms with E-state index in [1.807, 2.05) is 6.92 Å². The van der Waals surface area contributed by atoms with E-state index in [1.165, 1.54) is 0 Å². The molecule has 5 rings (SSSR count). The molecule has 4 fully saturated rings. The molecule has 0 amide bonds. The molecule has 0 aliphatic heterocycles. The predicted octanol–water partition coefficient (Wildman–Crippen LogP) is 7.71. The lowest BCUT2D eigenvalue weighted by atomic mass is 9.32. The fourth-order valence-electron chi connectivity index (χ4n) is 11.7. The summed E-state index contributed by atoms with van der Waals surface area (Å²) >= 11 is 0. The molecule has 38 heavy (non-hydrogen) atoms. The van der Waals surface area contributed by atoms with Crippen LogP contribution < -0.4 is 0 Å². The van der Waals surface area contributed by atoms with Crippen molar-refractivity contribution in [2.45, 2.75) is 106 Å². The summed E-state index contributed by atoms with van der Waals surface area (Å²) in [6.45, 7) is 20.1. The van der Waals surface area contributed by atoms with Crippen LogP contribution in [-0.2, 0) is 14.3 Å². The summed E-state index contributed by atoms with van der Waals surface area (Å²) in [7, 11) is 0. The van der Waals surface area contributed by atoms with Gasteiger partial charge in [-0.3, -0.25) is 4.79 Å². The summed E-state index contributed by atoms with van der Waals surface area (Å²) in [5, 5.41) is 21.9. The number of esters is 1. The Balaban J connectivity index is 1.58. The van der Waals surface area contributed by atoms with E-state index in [-0.39, 0.29) is 45.7 Å². The number of carboxylic acids is 1. The van der Waals surface area contributed by atoms with Crippen LogP contribution in [0, 0.1) is 56.7 Å². The molecule has 0 aromatic rings. The average molecular weight is 527 g/mol. The summed E-state index contributed by atoms with van der Waals surface area (Å²) in [6, 6.07) is 0. The maximum Gasteiger partial charge on any atom is 0.337 e. The number of carbonyl (C=O) groups is 2. The molecule has 0 heterocycles. The van der Waals surface area contributed by atoms with Gasteiger partial charge in [-0.15, -0.1) is 0 Å². The van der Waals surface area contributed by atoms with Gasteiger partial charge in [0.25, 0.3) is 0 Å². The van der Waals surface area contributed by atoms with Crippen molar-refractivity contribution < 1.29 is 24.5 Å². The lowest BCUT2D eigenvalue weighted by Crippen LogP contribution is -2.66. The fourth-order valence-corrected chi connectivity index (χ4v) is 11.7. The molecule has 0 aromatic heterocycles. The molecular formula is C33H50O5. The molecule has 0 saturated heterocycles. The standard InChI is InChI=1S/C33H50O5/c1-9-38-27(35)21-18-30(6)23(29(4,5)26(21)34)13-14-32(8)24(30)11-10-22-25-20(19(2)3)12-15-33(25,28(36)37)17-16-31(22,32)7/h20,22-25,34H,2,9-18H2,1,3-8H3,(H,36,37)/t20-,22+,23-,24+,25+,30-,31+,32+,33-/m0/s1. The highest BCUT2D eigenvalue weighted by Crippen LogP contribution is 2.77. The van der Waals surface area contributed by atoms with Crippen LogP contribution in [0.2, 0.25) is 0 Å². The van der Waals surface area contributed by atoms with Crippen molar-refractivity contribution in [2.75, 3.05) is 6.61 Å². The summed E-state index contributed by atoms with van der Waals surface area (Å²) in [5.74, 6) is 0.739. The SMILES string of the molecule is C=C(C)[C@@H]1CC[C@]2(C(=O)O)CC[C@]3(C)[C@H](CC[C@@H]4[C@@]5(C)CC(C(=O)OCC)=C(O)C(C)(C)[C@@H]5CC[C@]43C)[C@@H]12. The first kappa shape index (κ1) is 27.8. The first-order valence-corrected chi connectivity index (χ1v) is 15.1. The van der Waals surface area contributed by atoms with Crippen LogP contribution in [0.4, 0.5) is 0 Å². The first-order chi connectivity index (χ1) is 17.6. The molecule has 5 aliphatic rings. The van der Waals surface area contributed by atoms with E-state index >= 15 is 0 Å². The minimum absolute atomic E-state index is 0.0307. The van der Waals surface area contributed by atoms with Crippen LogP contribution in [0.3, 0.4) is 0 Å². The second kappa shape index (κ2) is 8.61. The molecule has 0 spiro atoms. The zero-order valence-corrected chi connectivity index (χ0v) is 24.8. The highest BCUT2D eigenvalue weighted by Gasteiger charge is 2.72. The van der Waals surface area contributed by atoms with Crippen molar-refractivity contribution in [3.05, 3.63) is 23.5 Å². The van der Waals surface area contributed by atoms with Gasteiger partial charge in [0.05, 0.1) is 17.6 Å². The van der Waals surface area contributed by atoms with Gasteiger partial charge in [-0.2, -0.15) is 0 Å². The molecule has 5 nitrogen and oxygen atoms in total. The summed E-state index contributed by atoms with van der Waals surface area (Å²) < 4.78 is 5.43. The third-order valence-corrected chi connectivity index (χ3v) is 13.6. The Bertz CT molecular complexity index is 1090. The van der Waals surface area contributed by atoms with E-state index in [9.17, 15) is 19.8 Å². The Labute approximate surface area is 229 Å². The Morgan fingerprint density at radius 3 is 2.24 bits per heavy atom. The van der Waals surface area contributed by atoms with Gasteiger partial charge in [-0.25, -0.2) is 4.79 Å². The highest BCUT2D eigenvalue weighted by atomic mass is 16.5. The number of allylic oxidation sites excluding steroid dienone is 2. The number of rotatable bonds is 4. The lowest BCUT2D eigenvalue weighted by Gasteiger charge is -2.72. The van der Waals surface area contributed by atoms with Crippen molar-refractivity contribution in [2.24, 2.45) is 56.7 Å². The molecule has 212 valence electrons. The molecule has 5 aliphatic carbocycles. The van der Waals surface area contributed by atoms with E-state index < -0.39 is 16.8 Å². The van der Waals surface area contributed by atoms with Crippen LogP contribution >= 0.6 is 0 Å². The monoisotopic (exact) mass is 526 g/mol. The molecule has 2 N–H and O–H groups in total. The van der Waals surface area contributed by atoms with Crippen molar-refractivity contribution in [1.29, 1.82) is 0 Å². The number of fused-ring (bicyclic) bond motifs is 7. The van der Waals surface area contributed by atoms with Crippen molar-refractivity contribution in [3.8, 4) is 0 Å². The normalized spacial score (nSPS) is 47.3. The van der Waals surface area contributed by atoms with Gasteiger partial charge in [-0.1, -0.05) is 46.8 Å². The molecule has 5 heteroatoms. The summed E-state index contributed by atoms with van der Waals surface area (Å²) in [6.07, 6.45) is 8.17. The summed E-state index contributed by atoms with van der Waals surface area (Å²) in [4.78, 5) is 25.9. The Morgan fingerprint density at radius 1 is 0.947 bits per heavy atom. The molecular weight excluding hydrogens is 476 g/mol. The number of hydrogen-bond acceptors (Lipinski definition) is 4. The van der Waals surface area contributed by atoms with Crippen LogP contribution in [0.5, 0.6) is 0 Å². The predicted molar refractivity (Wildman–Crippen MR) is 148 cm³/mol. The minimum Gasteiger partial charge on any atom is -0.511 e. The number of carboxylic acid groups (broad SMARTS) is 1. The van der Waals surface area contributed by atoms with Crippen molar-refractivity contribution >= 4 is 11.9 Å². The molecule has 0 unspecified atom stereocenters. The van der Waals surface area contributed by atoms with Gasteiger partial charge in [-0.05, 0) is 117 Å². The first-order valence-electron chi connectivity index (χ1n) is 15.1. The quantitative estimate of drug-likeness (QED) is 0.289. The Hall–Kier alpha value is -1.78. The van der Waals surface area contributed by atoms with Crippen molar-refractivity contribution in [1.82, 2.24) is 0 Å². The third kappa shape index (κ3) is 3.28. The van der Waals surface area contributed by atoms with Gasteiger partial charge in [0.15, 0.2) is 0 Å². The second-order valence-electron chi connectivity index (χ2n) is 15.1. The molecule has 4 saturated carbocycles. The van der Waals surface area contributed by atoms with Gasteiger partial charge < -0.3 is 14.9 Å². The number of hydrogen-bond donors (Lipinski definition) is 2. The van der Waals surface area contributed by atoms with Gasteiger partial charge in [0.2, 0.25) is 0 Å². The highest BCUT2D eigenvalue weighted by molar-refractivity contribution is 5.89. The Morgan fingerprint density at radius 2 is 1.63 bits per heavy atom. The summed E-state index contributed by atoms with van der Waals surface area (Å²) in [5.41, 5.74) is 0.452. The van der Waals surface area contributed by atoms with Crippen LogP contribution in [0.25, 0.3) is 0 Å².